The summed E-state index contributed by atoms with van der Waals surface area (Å²) in [7, 11) is 2.14. The number of hydrogen-bond acceptors (Lipinski definition) is 5. The highest BCUT2D eigenvalue weighted by Crippen LogP contribution is 2.33. The first-order chi connectivity index (χ1) is 16.4. The van der Waals surface area contributed by atoms with Crippen molar-refractivity contribution in [3.8, 4) is 0 Å². The number of hydrogen-bond donors (Lipinski definition) is 1. The second-order valence-electron chi connectivity index (χ2n) is 10.1. The van der Waals surface area contributed by atoms with Gasteiger partial charge in [0, 0.05) is 35.8 Å². The Morgan fingerprint density at radius 2 is 1.82 bits per heavy atom. The fraction of sp³-hybridized carbons (Fsp3) is 0.556. The van der Waals surface area contributed by atoms with Crippen LogP contribution in [0.5, 0.6) is 0 Å². The Morgan fingerprint density at radius 3 is 2.56 bits per heavy atom. The van der Waals surface area contributed by atoms with E-state index < -0.39 is 0 Å². The minimum absolute atomic E-state index is 0.0117. The van der Waals surface area contributed by atoms with Gasteiger partial charge in [-0.1, -0.05) is 25.1 Å². The molecule has 2 amide bonds. The minimum atomic E-state index is -0.101. The quantitative estimate of drug-likeness (QED) is 0.708. The van der Waals surface area contributed by atoms with Crippen molar-refractivity contribution in [1.29, 1.82) is 0 Å². The molecule has 1 aromatic carbocycles. The van der Waals surface area contributed by atoms with E-state index in [1.165, 1.54) is 0 Å². The van der Waals surface area contributed by atoms with Crippen LogP contribution >= 0.6 is 0 Å². The third-order valence-electron chi connectivity index (χ3n) is 7.39. The number of nitrogens with one attached hydrogen (secondary N) is 1. The van der Waals surface area contributed by atoms with Gasteiger partial charge in [0.2, 0.25) is 0 Å². The third-order valence-corrected chi connectivity index (χ3v) is 7.39. The maximum atomic E-state index is 13.6. The van der Waals surface area contributed by atoms with Gasteiger partial charge in [-0.15, -0.1) is 0 Å². The molecule has 0 radical (unpaired) electrons. The predicted molar refractivity (Wildman–Crippen MR) is 133 cm³/mol. The fourth-order valence-electron chi connectivity index (χ4n) is 5.04. The van der Waals surface area contributed by atoms with Crippen molar-refractivity contribution in [3.63, 3.8) is 0 Å². The first-order valence-corrected chi connectivity index (χ1v) is 12.5. The van der Waals surface area contributed by atoms with E-state index in [-0.39, 0.29) is 23.3 Å². The lowest BCUT2D eigenvalue weighted by atomic mass is 9.79. The summed E-state index contributed by atoms with van der Waals surface area (Å²) < 4.78 is 0. The van der Waals surface area contributed by atoms with E-state index in [1.54, 1.807) is 0 Å². The largest absolute Gasteiger partial charge is 0.352 e. The van der Waals surface area contributed by atoms with Gasteiger partial charge in [-0.25, -0.2) is 9.97 Å². The van der Waals surface area contributed by atoms with Crippen molar-refractivity contribution in [1.82, 2.24) is 25.1 Å². The molecule has 0 aliphatic carbocycles. The van der Waals surface area contributed by atoms with E-state index in [1.807, 2.05) is 48.2 Å². The van der Waals surface area contributed by atoms with Crippen molar-refractivity contribution in [3.05, 3.63) is 59.2 Å². The Kier molecular flexibility index (Phi) is 7.61. The Hall–Kier alpha value is -2.80. The average Bonchev–Trinajstić information content (AvgIpc) is 2.86. The standard InChI is InChI=1S/C27H37N5O2/c1-20-19-23(30-26(29-20)27(2)13-17-31(3)18-14-27)25(34)32-16-8-7-11-22(32)12-15-28-24(33)21-9-5-4-6-10-21/h4-6,9-10,19,22H,7-8,11-18H2,1-3H3,(H,28,33)/t22-/m0/s1. The summed E-state index contributed by atoms with van der Waals surface area (Å²) >= 11 is 0. The zero-order chi connectivity index (χ0) is 24.1. The van der Waals surface area contributed by atoms with E-state index in [2.05, 4.69) is 24.2 Å². The highest BCUT2D eigenvalue weighted by Gasteiger charge is 2.35. The maximum Gasteiger partial charge on any atom is 0.272 e. The van der Waals surface area contributed by atoms with Crippen LogP contribution in [0, 0.1) is 6.92 Å². The van der Waals surface area contributed by atoms with Crippen molar-refractivity contribution >= 4 is 11.8 Å². The number of carbonyl (C=O) groups is 2. The first-order valence-electron chi connectivity index (χ1n) is 12.5. The molecule has 0 spiro atoms. The molecule has 2 saturated heterocycles. The predicted octanol–water partition coefficient (Wildman–Crippen LogP) is 3.58. The van der Waals surface area contributed by atoms with Gasteiger partial charge in [-0.05, 0) is 83.8 Å². The summed E-state index contributed by atoms with van der Waals surface area (Å²) in [6.07, 6.45) is 5.78. The van der Waals surface area contributed by atoms with Crippen LogP contribution in [0.15, 0.2) is 36.4 Å². The van der Waals surface area contributed by atoms with Gasteiger partial charge in [0.05, 0.1) is 0 Å². The number of aromatic nitrogens is 2. The maximum absolute atomic E-state index is 13.6. The number of rotatable bonds is 6. The van der Waals surface area contributed by atoms with Crippen LogP contribution in [0.25, 0.3) is 0 Å². The topological polar surface area (TPSA) is 78.4 Å². The molecule has 0 unspecified atom stereocenters. The van der Waals surface area contributed by atoms with Gasteiger partial charge in [0.25, 0.3) is 11.8 Å². The molecule has 2 fully saturated rings. The molecule has 2 aliphatic heterocycles. The average molecular weight is 464 g/mol. The molecule has 1 aromatic heterocycles. The van der Waals surface area contributed by atoms with E-state index in [9.17, 15) is 9.59 Å². The monoisotopic (exact) mass is 463 g/mol. The molecule has 3 heterocycles. The van der Waals surface area contributed by atoms with Gasteiger partial charge in [0.1, 0.15) is 11.5 Å². The number of likely N-dealkylation sites (tertiary alicyclic amines) is 2. The number of carbonyl (C=O) groups excluding carboxylic acids is 2. The van der Waals surface area contributed by atoms with Gasteiger partial charge in [0.15, 0.2) is 0 Å². The molecule has 1 atom stereocenters. The molecule has 182 valence electrons. The van der Waals surface area contributed by atoms with Crippen LogP contribution < -0.4 is 5.32 Å². The molecule has 7 heteroatoms. The Labute approximate surface area is 203 Å². The van der Waals surface area contributed by atoms with E-state index >= 15 is 0 Å². The van der Waals surface area contributed by atoms with Crippen molar-refractivity contribution < 1.29 is 9.59 Å². The Balaban J connectivity index is 1.44. The molecule has 2 aromatic rings. The number of amides is 2. The lowest BCUT2D eigenvalue weighted by Gasteiger charge is -2.37. The fourth-order valence-corrected chi connectivity index (χ4v) is 5.04. The van der Waals surface area contributed by atoms with E-state index in [0.717, 1.165) is 69.7 Å². The smallest absolute Gasteiger partial charge is 0.272 e. The molecule has 2 aliphatic rings. The summed E-state index contributed by atoms with van der Waals surface area (Å²) in [4.78, 5) is 39.9. The second kappa shape index (κ2) is 10.6. The molecular weight excluding hydrogens is 426 g/mol. The number of benzene rings is 1. The SMILES string of the molecule is Cc1cc(C(=O)N2CCCC[C@H]2CCNC(=O)c2ccccc2)nc(C2(C)CCN(C)CC2)n1. The number of piperidine rings is 2. The number of nitrogens with zero attached hydrogens (tertiary/aromatic N) is 4. The van der Waals surface area contributed by atoms with E-state index in [4.69, 9.17) is 9.97 Å². The van der Waals surface area contributed by atoms with Crippen molar-refractivity contribution in [2.45, 2.75) is 63.8 Å². The molecule has 7 nitrogen and oxygen atoms in total. The van der Waals surface area contributed by atoms with Crippen LogP contribution in [-0.4, -0.2) is 70.9 Å². The highest BCUT2D eigenvalue weighted by atomic mass is 16.2. The third kappa shape index (κ3) is 5.63. The van der Waals surface area contributed by atoms with Crippen molar-refractivity contribution in [2.24, 2.45) is 0 Å². The molecule has 4 rings (SSSR count). The van der Waals surface area contributed by atoms with Gasteiger partial charge in [-0.2, -0.15) is 0 Å². The van der Waals surface area contributed by atoms with Gasteiger partial charge >= 0.3 is 0 Å². The summed E-state index contributed by atoms with van der Waals surface area (Å²) in [5.74, 6) is 0.715. The van der Waals surface area contributed by atoms with Crippen LogP contribution in [0.4, 0.5) is 0 Å². The number of aryl methyl sites for hydroxylation is 1. The highest BCUT2D eigenvalue weighted by molar-refractivity contribution is 5.94. The first kappa shape index (κ1) is 24.3. The zero-order valence-electron chi connectivity index (χ0n) is 20.7. The van der Waals surface area contributed by atoms with Crippen LogP contribution in [0.3, 0.4) is 0 Å². The minimum Gasteiger partial charge on any atom is -0.352 e. The Morgan fingerprint density at radius 1 is 1.09 bits per heavy atom. The summed E-state index contributed by atoms with van der Waals surface area (Å²) in [6.45, 7) is 7.48. The molecule has 0 saturated carbocycles. The Bertz CT molecular complexity index is 1000. The lowest BCUT2D eigenvalue weighted by molar-refractivity contribution is 0.0594. The van der Waals surface area contributed by atoms with Crippen molar-refractivity contribution in [2.75, 3.05) is 33.2 Å². The summed E-state index contributed by atoms with van der Waals surface area (Å²) in [5.41, 5.74) is 1.90. The van der Waals surface area contributed by atoms with Gasteiger partial charge < -0.3 is 15.1 Å². The molecular formula is C27H37N5O2. The lowest BCUT2D eigenvalue weighted by Crippen LogP contribution is -2.46. The molecule has 34 heavy (non-hydrogen) atoms. The van der Waals surface area contributed by atoms with Crippen LogP contribution in [0.1, 0.15) is 77.8 Å². The molecule has 1 N–H and O–H groups in total. The zero-order valence-corrected chi connectivity index (χ0v) is 20.7. The van der Waals surface area contributed by atoms with E-state index in [0.29, 0.717) is 17.8 Å². The normalized spacial score (nSPS) is 20.7. The van der Waals surface area contributed by atoms with Gasteiger partial charge in [-0.3, -0.25) is 9.59 Å². The van der Waals surface area contributed by atoms with Crippen LogP contribution in [0.2, 0.25) is 0 Å². The summed E-state index contributed by atoms with van der Waals surface area (Å²) in [5, 5.41) is 3.01. The second-order valence-corrected chi connectivity index (χ2v) is 10.1. The van der Waals surface area contributed by atoms with Crippen LogP contribution in [-0.2, 0) is 5.41 Å². The molecule has 0 bridgehead atoms. The summed E-state index contributed by atoms with van der Waals surface area (Å²) in [6, 6.07) is 11.2.